The monoisotopic (exact) mass is 357 g/mol. The molecule has 0 radical (unpaired) electrons. The first-order chi connectivity index (χ1) is 12.4. The summed E-state index contributed by atoms with van der Waals surface area (Å²) in [7, 11) is 0. The highest BCUT2D eigenvalue weighted by atomic mass is 16.5. The summed E-state index contributed by atoms with van der Waals surface area (Å²) in [6.45, 7) is 6.22. The Kier molecular flexibility index (Phi) is 5.64. The van der Waals surface area contributed by atoms with Crippen LogP contribution >= 0.6 is 0 Å². The van der Waals surface area contributed by atoms with E-state index in [0.29, 0.717) is 17.3 Å². The molecule has 1 aromatic carbocycles. The van der Waals surface area contributed by atoms with Gasteiger partial charge in [0.05, 0.1) is 0 Å². The van der Waals surface area contributed by atoms with Crippen molar-refractivity contribution < 1.29 is 13.9 Å². The molecule has 3 rings (SSSR count). The third kappa shape index (κ3) is 4.26. The predicted molar refractivity (Wildman–Crippen MR) is 102 cm³/mol. The molecule has 0 unspecified atom stereocenters. The summed E-state index contributed by atoms with van der Waals surface area (Å²) < 4.78 is 10.9. The first-order valence-electron chi connectivity index (χ1n) is 9.44. The Morgan fingerprint density at radius 3 is 2.77 bits per heavy atom. The molecule has 0 saturated heterocycles. The lowest BCUT2D eigenvalue weighted by atomic mass is 9.86. The summed E-state index contributed by atoms with van der Waals surface area (Å²) in [5.74, 6) is 1.14. The summed E-state index contributed by atoms with van der Waals surface area (Å²) in [5.41, 5.74) is 1.06. The molecular weight excluding hydrogens is 330 g/mol. The van der Waals surface area contributed by atoms with Gasteiger partial charge in [-0.05, 0) is 42.4 Å². The minimum Gasteiger partial charge on any atom is -0.484 e. The molecule has 1 saturated carbocycles. The lowest BCUT2D eigenvalue weighted by Gasteiger charge is -2.29. The van der Waals surface area contributed by atoms with Crippen molar-refractivity contribution in [2.75, 3.05) is 6.61 Å². The zero-order valence-corrected chi connectivity index (χ0v) is 15.7. The van der Waals surface area contributed by atoms with Crippen LogP contribution in [0.4, 0.5) is 0 Å². The normalized spacial score (nSPS) is 20.3. The standard InChI is InChI=1S/C21H27NO4/c1-13(2)17-11-21(24)26-19-10-15(8-9-16(17)19)25-12-20(23)22-18-7-5-4-6-14(18)3/h8-11,13-14,18H,4-7,12H2,1-3H3,(H,22,23)/t14-,18-/m0/s1. The van der Waals surface area contributed by atoms with Crippen molar-refractivity contribution in [3.8, 4) is 5.75 Å². The van der Waals surface area contributed by atoms with Gasteiger partial charge in [-0.1, -0.05) is 33.6 Å². The van der Waals surface area contributed by atoms with E-state index in [1.165, 1.54) is 12.5 Å². The Labute approximate surface area is 153 Å². The minimum atomic E-state index is -0.373. The van der Waals surface area contributed by atoms with Gasteiger partial charge >= 0.3 is 5.63 Å². The molecule has 140 valence electrons. The van der Waals surface area contributed by atoms with Gasteiger partial charge in [0.15, 0.2) is 6.61 Å². The SMILES string of the molecule is CC(C)c1cc(=O)oc2cc(OCC(=O)N[C@H]3CCCC[C@@H]3C)ccc12. The number of benzene rings is 1. The topological polar surface area (TPSA) is 68.5 Å². The van der Waals surface area contributed by atoms with Crippen molar-refractivity contribution in [3.63, 3.8) is 0 Å². The Morgan fingerprint density at radius 1 is 1.27 bits per heavy atom. The molecule has 5 nitrogen and oxygen atoms in total. The van der Waals surface area contributed by atoms with Crippen LogP contribution < -0.4 is 15.7 Å². The smallest absolute Gasteiger partial charge is 0.336 e. The van der Waals surface area contributed by atoms with Gasteiger partial charge in [0.1, 0.15) is 11.3 Å². The summed E-state index contributed by atoms with van der Waals surface area (Å²) in [6, 6.07) is 7.14. The summed E-state index contributed by atoms with van der Waals surface area (Å²) >= 11 is 0. The maximum atomic E-state index is 12.2. The number of carbonyl (C=O) groups is 1. The Balaban J connectivity index is 1.67. The number of ether oxygens (including phenoxy) is 1. The average molecular weight is 357 g/mol. The number of amides is 1. The molecule has 1 aliphatic carbocycles. The van der Waals surface area contributed by atoms with Crippen LogP contribution in [-0.2, 0) is 4.79 Å². The molecule has 1 aliphatic rings. The molecule has 0 bridgehead atoms. The second-order valence-corrected chi connectivity index (χ2v) is 7.56. The third-order valence-corrected chi connectivity index (χ3v) is 5.20. The molecule has 2 aromatic rings. The zero-order chi connectivity index (χ0) is 18.7. The molecule has 0 aliphatic heterocycles. The molecular formula is C21H27NO4. The largest absolute Gasteiger partial charge is 0.484 e. The molecule has 0 spiro atoms. The molecule has 1 N–H and O–H groups in total. The maximum Gasteiger partial charge on any atom is 0.336 e. The van der Waals surface area contributed by atoms with E-state index in [2.05, 4.69) is 12.2 Å². The third-order valence-electron chi connectivity index (χ3n) is 5.20. The molecule has 5 heteroatoms. The van der Waals surface area contributed by atoms with E-state index in [-0.39, 0.29) is 30.1 Å². The second-order valence-electron chi connectivity index (χ2n) is 7.56. The number of fused-ring (bicyclic) bond motifs is 1. The van der Waals surface area contributed by atoms with Gasteiger partial charge in [0.2, 0.25) is 0 Å². The first-order valence-corrected chi connectivity index (χ1v) is 9.44. The van der Waals surface area contributed by atoms with Crippen molar-refractivity contribution in [3.05, 3.63) is 40.2 Å². The van der Waals surface area contributed by atoms with Gasteiger partial charge in [-0.15, -0.1) is 0 Å². The lowest BCUT2D eigenvalue weighted by molar-refractivity contribution is -0.124. The van der Waals surface area contributed by atoms with E-state index in [1.807, 2.05) is 26.0 Å². The van der Waals surface area contributed by atoms with Crippen LogP contribution in [-0.4, -0.2) is 18.6 Å². The molecule has 1 amide bonds. The fourth-order valence-corrected chi connectivity index (χ4v) is 3.66. The van der Waals surface area contributed by atoms with Gasteiger partial charge in [-0.25, -0.2) is 4.79 Å². The molecule has 2 atom stereocenters. The van der Waals surface area contributed by atoms with Crippen LogP contribution in [0.3, 0.4) is 0 Å². The van der Waals surface area contributed by atoms with E-state index in [1.54, 1.807) is 6.07 Å². The highest BCUT2D eigenvalue weighted by Crippen LogP contribution is 2.27. The Hall–Kier alpha value is -2.30. The quantitative estimate of drug-likeness (QED) is 0.822. The lowest BCUT2D eigenvalue weighted by Crippen LogP contribution is -2.43. The van der Waals surface area contributed by atoms with Crippen molar-refractivity contribution in [2.24, 2.45) is 5.92 Å². The molecule has 1 aromatic heterocycles. The fraction of sp³-hybridized carbons (Fsp3) is 0.524. The van der Waals surface area contributed by atoms with Crippen LogP contribution in [0.2, 0.25) is 0 Å². The van der Waals surface area contributed by atoms with E-state index in [4.69, 9.17) is 9.15 Å². The van der Waals surface area contributed by atoms with Gasteiger partial charge in [0, 0.05) is 23.6 Å². The van der Waals surface area contributed by atoms with Crippen molar-refractivity contribution >= 4 is 16.9 Å². The van der Waals surface area contributed by atoms with Gasteiger partial charge in [-0.3, -0.25) is 4.79 Å². The average Bonchev–Trinajstić information content (AvgIpc) is 2.60. The molecule has 1 heterocycles. The van der Waals surface area contributed by atoms with Gasteiger partial charge < -0.3 is 14.5 Å². The number of hydrogen-bond acceptors (Lipinski definition) is 4. The van der Waals surface area contributed by atoms with Crippen LogP contribution in [0.25, 0.3) is 11.0 Å². The molecule has 26 heavy (non-hydrogen) atoms. The summed E-state index contributed by atoms with van der Waals surface area (Å²) in [6.07, 6.45) is 4.60. The predicted octanol–water partition coefficient (Wildman–Crippen LogP) is 3.99. The van der Waals surface area contributed by atoms with Crippen LogP contribution in [0, 0.1) is 5.92 Å². The van der Waals surface area contributed by atoms with Crippen molar-refractivity contribution in [1.82, 2.24) is 5.32 Å². The maximum absolute atomic E-state index is 12.2. The van der Waals surface area contributed by atoms with E-state index in [0.717, 1.165) is 30.2 Å². The van der Waals surface area contributed by atoms with Crippen molar-refractivity contribution in [2.45, 2.75) is 58.4 Å². The Bertz CT molecular complexity index is 840. The summed E-state index contributed by atoms with van der Waals surface area (Å²) in [4.78, 5) is 23.9. The summed E-state index contributed by atoms with van der Waals surface area (Å²) in [5, 5.41) is 3.97. The van der Waals surface area contributed by atoms with Crippen LogP contribution in [0.15, 0.2) is 33.5 Å². The number of rotatable bonds is 5. The van der Waals surface area contributed by atoms with E-state index in [9.17, 15) is 9.59 Å². The second kappa shape index (κ2) is 7.94. The van der Waals surface area contributed by atoms with E-state index < -0.39 is 0 Å². The van der Waals surface area contributed by atoms with E-state index >= 15 is 0 Å². The fourth-order valence-electron chi connectivity index (χ4n) is 3.66. The van der Waals surface area contributed by atoms with Crippen LogP contribution in [0.1, 0.15) is 57.9 Å². The Morgan fingerprint density at radius 2 is 2.04 bits per heavy atom. The number of nitrogens with one attached hydrogen (secondary N) is 1. The first kappa shape index (κ1) is 18.5. The zero-order valence-electron chi connectivity index (χ0n) is 15.7. The molecule has 1 fully saturated rings. The van der Waals surface area contributed by atoms with Gasteiger partial charge in [0.25, 0.3) is 5.91 Å². The number of carbonyl (C=O) groups excluding carboxylic acids is 1. The van der Waals surface area contributed by atoms with Crippen LogP contribution in [0.5, 0.6) is 5.75 Å². The minimum absolute atomic E-state index is 0.0389. The highest BCUT2D eigenvalue weighted by Gasteiger charge is 2.22. The highest BCUT2D eigenvalue weighted by molar-refractivity contribution is 5.82. The van der Waals surface area contributed by atoms with Gasteiger partial charge in [-0.2, -0.15) is 0 Å². The number of hydrogen-bond donors (Lipinski definition) is 1. The van der Waals surface area contributed by atoms with Crippen molar-refractivity contribution in [1.29, 1.82) is 0 Å².